The molecule has 0 aromatic heterocycles. The van der Waals surface area contributed by atoms with Gasteiger partial charge in [-0.25, -0.2) is 0 Å². The number of hydrogen-bond acceptors (Lipinski definition) is 3. The van der Waals surface area contributed by atoms with E-state index in [9.17, 15) is 4.79 Å². The zero-order chi connectivity index (χ0) is 10.8. The summed E-state index contributed by atoms with van der Waals surface area (Å²) in [5, 5.41) is 9.09. The van der Waals surface area contributed by atoms with E-state index in [2.05, 4.69) is 4.90 Å². The van der Waals surface area contributed by atoms with Crippen molar-refractivity contribution in [3.63, 3.8) is 0 Å². The Labute approximate surface area is 90.2 Å². The van der Waals surface area contributed by atoms with Crippen LogP contribution in [0.15, 0.2) is 0 Å². The summed E-state index contributed by atoms with van der Waals surface area (Å²) in [5.74, 6) is -0.701. The van der Waals surface area contributed by atoms with Crippen molar-refractivity contribution in [2.45, 2.75) is 50.7 Å². The van der Waals surface area contributed by atoms with Gasteiger partial charge in [0.25, 0.3) is 0 Å². The Hall–Kier alpha value is -0.610. The monoisotopic (exact) mass is 213 g/mol. The van der Waals surface area contributed by atoms with Crippen LogP contribution in [0.2, 0.25) is 0 Å². The van der Waals surface area contributed by atoms with Gasteiger partial charge in [0, 0.05) is 25.3 Å². The van der Waals surface area contributed by atoms with Gasteiger partial charge in [-0.05, 0) is 32.6 Å². The molecule has 2 aliphatic rings. The molecule has 0 radical (unpaired) electrons. The topological polar surface area (TPSA) is 49.8 Å². The Morgan fingerprint density at radius 3 is 2.27 bits per heavy atom. The summed E-state index contributed by atoms with van der Waals surface area (Å²) in [6.45, 7) is 3.36. The van der Waals surface area contributed by atoms with Crippen LogP contribution in [0, 0.1) is 0 Å². The first-order valence-electron chi connectivity index (χ1n) is 5.78. The van der Waals surface area contributed by atoms with Gasteiger partial charge in [0.2, 0.25) is 0 Å². The molecule has 0 aromatic rings. The molecule has 1 heterocycles. The average Bonchev–Trinajstić information content (AvgIpc) is 3.04. The maximum atomic E-state index is 11.0. The number of carboxylic acid groups (broad SMARTS) is 1. The molecule has 0 spiro atoms. The van der Waals surface area contributed by atoms with E-state index >= 15 is 0 Å². The molecule has 0 amide bonds. The van der Waals surface area contributed by atoms with E-state index in [0.717, 1.165) is 38.9 Å². The number of carboxylic acids is 1. The van der Waals surface area contributed by atoms with Gasteiger partial charge in [-0.2, -0.15) is 0 Å². The summed E-state index contributed by atoms with van der Waals surface area (Å²) in [5.41, 5.74) is 0. The Balaban J connectivity index is 2.00. The third kappa shape index (κ3) is 2.49. The normalized spacial score (nSPS) is 25.5. The summed E-state index contributed by atoms with van der Waals surface area (Å²) in [4.78, 5) is 13.2. The minimum Gasteiger partial charge on any atom is -0.480 e. The molecular weight excluding hydrogens is 194 g/mol. The van der Waals surface area contributed by atoms with Gasteiger partial charge in [-0.3, -0.25) is 9.69 Å². The second-order valence-electron chi connectivity index (χ2n) is 4.54. The van der Waals surface area contributed by atoms with Gasteiger partial charge in [-0.15, -0.1) is 0 Å². The molecule has 1 atom stereocenters. The molecule has 2 fully saturated rings. The summed E-state index contributed by atoms with van der Waals surface area (Å²) in [7, 11) is 0. The lowest BCUT2D eigenvalue weighted by atomic mass is 10.0. The molecule has 86 valence electrons. The average molecular weight is 213 g/mol. The standard InChI is InChI=1S/C11H19NO3/c1-8(11(13)14)12(9-2-3-9)10-4-6-15-7-5-10/h8-10H,2-7H2,1H3,(H,13,14)/t8-/m0/s1. The van der Waals surface area contributed by atoms with E-state index in [-0.39, 0.29) is 6.04 Å². The smallest absolute Gasteiger partial charge is 0.320 e. The second-order valence-corrected chi connectivity index (χ2v) is 4.54. The highest BCUT2D eigenvalue weighted by Gasteiger charge is 2.39. The molecule has 1 saturated carbocycles. The highest BCUT2D eigenvalue weighted by molar-refractivity contribution is 5.73. The van der Waals surface area contributed by atoms with E-state index in [0.29, 0.717) is 12.1 Å². The maximum absolute atomic E-state index is 11.0. The molecule has 0 unspecified atom stereocenters. The number of rotatable bonds is 4. The van der Waals surface area contributed by atoms with E-state index in [1.54, 1.807) is 6.92 Å². The van der Waals surface area contributed by atoms with E-state index in [1.165, 1.54) is 0 Å². The van der Waals surface area contributed by atoms with Gasteiger partial charge in [-0.1, -0.05) is 0 Å². The first kappa shape index (κ1) is 10.9. The van der Waals surface area contributed by atoms with Crippen molar-refractivity contribution in [1.29, 1.82) is 0 Å². The zero-order valence-corrected chi connectivity index (χ0v) is 9.19. The van der Waals surface area contributed by atoms with Crippen LogP contribution in [-0.2, 0) is 9.53 Å². The van der Waals surface area contributed by atoms with Gasteiger partial charge in [0.1, 0.15) is 6.04 Å². The van der Waals surface area contributed by atoms with Crippen molar-refractivity contribution in [1.82, 2.24) is 4.90 Å². The number of nitrogens with zero attached hydrogens (tertiary/aromatic N) is 1. The zero-order valence-electron chi connectivity index (χ0n) is 9.19. The van der Waals surface area contributed by atoms with Crippen molar-refractivity contribution < 1.29 is 14.6 Å². The summed E-state index contributed by atoms with van der Waals surface area (Å²) < 4.78 is 5.32. The van der Waals surface area contributed by atoms with Crippen molar-refractivity contribution >= 4 is 5.97 Å². The SMILES string of the molecule is C[C@@H](C(=O)O)N(C1CCOCC1)C1CC1. The van der Waals surface area contributed by atoms with Crippen LogP contribution in [-0.4, -0.2) is 47.3 Å². The second kappa shape index (κ2) is 4.49. The van der Waals surface area contributed by atoms with Gasteiger partial charge >= 0.3 is 5.97 Å². The molecule has 1 saturated heterocycles. The summed E-state index contributed by atoms with van der Waals surface area (Å²) in [6.07, 6.45) is 4.28. The van der Waals surface area contributed by atoms with Crippen molar-refractivity contribution in [3.05, 3.63) is 0 Å². The maximum Gasteiger partial charge on any atom is 0.320 e. The van der Waals surface area contributed by atoms with Crippen LogP contribution < -0.4 is 0 Å². The molecule has 15 heavy (non-hydrogen) atoms. The van der Waals surface area contributed by atoms with Crippen molar-refractivity contribution in [3.8, 4) is 0 Å². The lowest BCUT2D eigenvalue weighted by Crippen LogP contribution is -2.49. The van der Waals surface area contributed by atoms with Gasteiger partial charge in [0.05, 0.1) is 0 Å². The Bertz CT molecular complexity index is 234. The van der Waals surface area contributed by atoms with Crippen LogP contribution in [0.4, 0.5) is 0 Å². The van der Waals surface area contributed by atoms with E-state index in [4.69, 9.17) is 9.84 Å². The number of hydrogen-bond donors (Lipinski definition) is 1. The Morgan fingerprint density at radius 1 is 1.27 bits per heavy atom. The number of carbonyl (C=O) groups is 1. The van der Waals surface area contributed by atoms with E-state index in [1.807, 2.05) is 0 Å². The molecule has 0 bridgehead atoms. The van der Waals surface area contributed by atoms with Crippen LogP contribution in [0.3, 0.4) is 0 Å². The molecule has 2 rings (SSSR count). The van der Waals surface area contributed by atoms with Gasteiger partial charge in [0.15, 0.2) is 0 Å². The Kier molecular flexibility index (Phi) is 3.26. The third-order valence-electron chi connectivity index (χ3n) is 3.39. The fourth-order valence-electron chi connectivity index (χ4n) is 2.41. The lowest BCUT2D eigenvalue weighted by Gasteiger charge is -2.36. The number of ether oxygens (including phenoxy) is 1. The van der Waals surface area contributed by atoms with Crippen LogP contribution in [0.1, 0.15) is 32.6 Å². The molecule has 4 nitrogen and oxygen atoms in total. The summed E-state index contributed by atoms with van der Waals surface area (Å²) >= 11 is 0. The van der Waals surface area contributed by atoms with E-state index < -0.39 is 5.97 Å². The summed E-state index contributed by atoms with van der Waals surface area (Å²) in [6, 6.07) is 0.581. The number of aliphatic carboxylic acids is 1. The highest BCUT2D eigenvalue weighted by atomic mass is 16.5. The molecule has 0 aromatic carbocycles. The van der Waals surface area contributed by atoms with Crippen molar-refractivity contribution in [2.24, 2.45) is 0 Å². The Morgan fingerprint density at radius 2 is 1.80 bits per heavy atom. The molecule has 4 heteroatoms. The van der Waals surface area contributed by atoms with Crippen LogP contribution in [0.25, 0.3) is 0 Å². The predicted molar refractivity (Wildman–Crippen MR) is 55.8 cm³/mol. The lowest BCUT2D eigenvalue weighted by molar-refractivity contribution is -0.144. The highest BCUT2D eigenvalue weighted by Crippen LogP contribution is 2.33. The fourth-order valence-corrected chi connectivity index (χ4v) is 2.41. The largest absolute Gasteiger partial charge is 0.480 e. The quantitative estimate of drug-likeness (QED) is 0.760. The van der Waals surface area contributed by atoms with Crippen LogP contribution >= 0.6 is 0 Å². The third-order valence-corrected chi connectivity index (χ3v) is 3.39. The first-order chi connectivity index (χ1) is 7.20. The van der Waals surface area contributed by atoms with Gasteiger partial charge < -0.3 is 9.84 Å². The predicted octanol–water partition coefficient (Wildman–Crippen LogP) is 1.10. The van der Waals surface area contributed by atoms with Crippen LogP contribution in [0.5, 0.6) is 0 Å². The molecule has 1 aliphatic carbocycles. The fraction of sp³-hybridized carbons (Fsp3) is 0.909. The first-order valence-corrected chi connectivity index (χ1v) is 5.78. The molecule has 1 aliphatic heterocycles. The minimum atomic E-state index is -0.701. The molecule has 1 N–H and O–H groups in total. The molecular formula is C11H19NO3. The minimum absolute atomic E-state index is 0.347. The van der Waals surface area contributed by atoms with Crippen molar-refractivity contribution in [2.75, 3.05) is 13.2 Å².